The fraction of sp³-hybridized carbons (Fsp3) is 0.267. The first kappa shape index (κ1) is 13.1. The van der Waals surface area contributed by atoms with E-state index in [2.05, 4.69) is 4.98 Å². The second-order valence-electron chi connectivity index (χ2n) is 4.51. The fourth-order valence-electron chi connectivity index (χ4n) is 2.05. The van der Waals surface area contributed by atoms with E-state index < -0.39 is 6.10 Å². The number of aromatic nitrogens is 1. The Morgan fingerprint density at radius 1 is 1.17 bits per heavy atom. The van der Waals surface area contributed by atoms with Crippen molar-refractivity contribution in [1.82, 2.24) is 4.98 Å². The van der Waals surface area contributed by atoms with Crippen molar-refractivity contribution < 1.29 is 5.11 Å². The van der Waals surface area contributed by atoms with Gasteiger partial charge in [0.1, 0.15) is 0 Å². The molecule has 3 heteroatoms. The summed E-state index contributed by atoms with van der Waals surface area (Å²) in [5.41, 5.74) is 3.00. The Morgan fingerprint density at radius 2 is 1.83 bits per heavy atom. The van der Waals surface area contributed by atoms with Crippen LogP contribution in [0.3, 0.4) is 0 Å². The van der Waals surface area contributed by atoms with E-state index in [0.717, 1.165) is 16.7 Å². The molecular formula is C15H16ClNO. The van der Waals surface area contributed by atoms with Crippen molar-refractivity contribution in [3.05, 3.63) is 64.4 Å². The number of benzene rings is 1. The van der Waals surface area contributed by atoms with Gasteiger partial charge in [-0.15, -0.1) is 0 Å². The second-order valence-corrected chi connectivity index (χ2v) is 4.95. The van der Waals surface area contributed by atoms with E-state index in [4.69, 9.17) is 11.6 Å². The summed E-state index contributed by atoms with van der Waals surface area (Å²) in [7, 11) is 0. The zero-order valence-corrected chi connectivity index (χ0v) is 11.2. The molecule has 2 rings (SSSR count). The number of nitrogens with zero attached hydrogens (tertiary/aromatic N) is 1. The van der Waals surface area contributed by atoms with Gasteiger partial charge >= 0.3 is 0 Å². The number of aliphatic hydroxyl groups is 1. The third-order valence-electron chi connectivity index (χ3n) is 3.27. The Bertz CT molecular complexity index is 527. The minimum absolute atomic E-state index is 0.00478. The van der Waals surface area contributed by atoms with E-state index in [-0.39, 0.29) is 5.92 Å². The van der Waals surface area contributed by atoms with Crippen molar-refractivity contribution in [2.75, 3.05) is 0 Å². The van der Waals surface area contributed by atoms with Crippen molar-refractivity contribution >= 4 is 11.6 Å². The first-order valence-electron chi connectivity index (χ1n) is 5.93. The van der Waals surface area contributed by atoms with Crippen LogP contribution in [0.1, 0.15) is 35.6 Å². The van der Waals surface area contributed by atoms with Gasteiger partial charge in [-0.25, -0.2) is 0 Å². The molecule has 0 aliphatic carbocycles. The number of aliphatic hydroxyl groups excluding tert-OH is 1. The Kier molecular flexibility index (Phi) is 4.00. The lowest BCUT2D eigenvalue weighted by atomic mass is 9.89. The molecule has 1 heterocycles. The topological polar surface area (TPSA) is 33.1 Å². The molecule has 0 saturated carbocycles. The van der Waals surface area contributed by atoms with Crippen LogP contribution in [-0.2, 0) is 0 Å². The first-order chi connectivity index (χ1) is 8.59. The SMILES string of the molecule is Cc1ccc(Cl)cc1C(O)C(C)c1ccncc1. The highest BCUT2D eigenvalue weighted by atomic mass is 35.5. The van der Waals surface area contributed by atoms with Gasteiger partial charge in [0.25, 0.3) is 0 Å². The van der Waals surface area contributed by atoms with Crippen LogP contribution in [0.2, 0.25) is 5.02 Å². The van der Waals surface area contributed by atoms with Crippen LogP contribution in [0.4, 0.5) is 0 Å². The molecule has 0 amide bonds. The first-order valence-corrected chi connectivity index (χ1v) is 6.31. The Hall–Kier alpha value is -1.38. The predicted molar refractivity (Wildman–Crippen MR) is 73.8 cm³/mol. The summed E-state index contributed by atoms with van der Waals surface area (Å²) in [6.07, 6.45) is 2.92. The minimum atomic E-state index is -0.564. The van der Waals surface area contributed by atoms with Gasteiger partial charge in [-0.1, -0.05) is 24.6 Å². The smallest absolute Gasteiger partial charge is 0.0858 e. The molecule has 2 aromatic rings. The van der Waals surface area contributed by atoms with Crippen LogP contribution < -0.4 is 0 Å². The van der Waals surface area contributed by atoms with Crippen LogP contribution >= 0.6 is 11.6 Å². The molecule has 0 radical (unpaired) electrons. The standard InChI is InChI=1S/C15H16ClNO/c1-10-3-4-13(16)9-14(10)15(18)11(2)12-5-7-17-8-6-12/h3-9,11,15,18H,1-2H3. The summed E-state index contributed by atoms with van der Waals surface area (Å²) in [5, 5.41) is 11.1. The van der Waals surface area contributed by atoms with E-state index >= 15 is 0 Å². The third kappa shape index (κ3) is 2.71. The molecule has 2 unspecified atom stereocenters. The number of aryl methyl sites for hydroxylation is 1. The molecule has 94 valence electrons. The summed E-state index contributed by atoms with van der Waals surface area (Å²) in [6.45, 7) is 3.98. The lowest BCUT2D eigenvalue weighted by molar-refractivity contribution is 0.151. The average Bonchev–Trinajstić information content (AvgIpc) is 2.41. The number of halogens is 1. The molecule has 0 aliphatic rings. The van der Waals surface area contributed by atoms with Crippen molar-refractivity contribution in [3.8, 4) is 0 Å². The summed E-state index contributed by atoms with van der Waals surface area (Å²) in [5.74, 6) is 0.00478. The van der Waals surface area contributed by atoms with E-state index in [1.54, 1.807) is 12.4 Å². The van der Waals surface area contributed by atoms with Crippen LogP contribution in [0.5, 0.6) is 0 Å². The predicted octanol–water partition coefficient (Wildman–Crippen LogP) is 3.88. The highest BCUT2D eigenvalue weighted by Gasteiger charge is 2.19. The molecule has 0 fully saturated rings. The van der Waals surface area contributed by atoms with E-state index in [1.807, 2.05) is 44.2 Å². The summed E-state index contributed by atoms with van der Waals surface area (Å²) >= 11 is 5.99. The molecule has 2 nitrogen and oxygen atoms in total. The maximum absolute atomic E-state index is 10.5. The van der Waals surface area contributed by atoms with Gasteiger partial charge in [-0.3, -0.25) is 4.98 Å². The summed E-state index contributed by atoms with van der Waals surface area (Å²) < 4.78 is 0. The Morgan fingerprint density at radius 3 is 2.50 bits per heavy atom. The third-order valence-corrected chi connectivity index (χ3v) is 3.50. The molecule has 2 atom stereocenters. The molecule has 18 heavy (non-hydrogen) atoms. The van der Waals surface area contributed by atoms with Gasteiger partial charge < -0.3 is 5.11 Å². The molecular weight excluding hydrogens is 246 g/mol. The molecule has 1 aromatic carbocycles. The zero-order valence-electron chi connectivity index (χ0n) is 10.5. The van der Waals surface area contributed by atoms with Gasteiger partial charge in [-0.05, 0) is 47.9 Å². The van der Waals surface area contributed by atoms with Crippen LogP contribution in [-0.4, -0.2) is 10.1 Å². The molecule has 0 aliphatic heterocycles. The lowest BCUT2D eigenvalue weighted by Gasteiger charge is -2.21. The highest BCUT2D eigenvalue weighted by Crippen LogP contribution is 2.33. The number of hydrogen-bond donors (Lipinski definition) is 1. The van der Waals surface area contributed by atoms with Gasteiger partial charge in [0.2, 0.25) is 0 Å². The minimum Gasteiger partial charge on any atom is -0.388 e. The Balaban J connectivity index is 2.31. The number of pyridine rings is 1. The van der Waals surface area contributed by atoms with Crippen LogP contribution in [0, 0.1) is 6.92 Å². The van der Waals surface area contributed by atoms with Gasteiger partial charge in [0, 0.05) is 23.3 Å². The van der Waals surface area contributed by atoms with E-state index in [0.29, 0.717) is 5.02 Å². The van der Waals surface area contributed by atoms with Crippen molar-refractivity contribution in [2.24, 2.45) is 0 Å². The quantitative estimate of drug-likeness (QED) is 0.910. The molecule has 0 saturated heterocycles. The molecule has 1 aromatic heterocycles. The monoisotopic (exact) mass is 261 g/mol. The number of rotatable bonds is 3. The molecule has 1 N–H and O–H groups in total. The Labute approximate surface area is 112 Å². The largest absolute Gasteiger partial charge is 0.388 e. The summed E-state index contributed by atoms with van der Waals surface area (Å²) in [4.78, 5) is 3.99. The fourth-order valence-corrected chi connectivity index (χ4v) is 2.23. The van der Waals surface area contributed by atoms with Crippen LogP contribution in [0.25, 0.3) is 0 Å². The normalized spacial score (nSPS) is 14.2. The van der Waals surface area contributed by atoms with E-state index in [1.165, 1.54) is 0 Å². The average molecular weight is 262 g/mol. The van der Waals surface area contributed by atoms with Crippen molar-refractivity contribution in [1.29, 1.82) is 0 Å². The number of hydrogen-bond acceptors (Lipinski definition) is 2. The van der Waals surface area contributed by atoms with Gasteiger partial charge in [0.05, 0.1) is 6.10 Å². The lowest BCUT2D eigenvalue weighted by Crippen LogP contribution is -2.09. The molecule has 0 spiro atoms. The van der Waals surface area contributed by atoms with Crippen molar-refractivity contribution in [2.45, 2.75) is 25.9 Å². The van der Waals surface area contributed by atoms with Gasteiger partial charge in [-0.2, -0.15) is 0 Å². The zero-order chi connectivity index (χ0) is 13.1. The molecule has 0 bridgehead atoms. The van der Waals surface area contributed by atoms with Gasteiger partial charge in [0.15, 0.2) is 0 Å². The maximum atomic E-state index is 10.5. The van der Waals surface area contributed by atoms with Crippen molar-refractivity contribution in [3.63, 3.8) is 0 Å². The maximum Gasteiger partial charge on any atom is 0.0858 e. The summed E-state index contributed by atoms with van der Waals surface area (Å²) in [6, 6.07) is 9.45. The van der Waals surface area contributed by atoms with Crippen LogP contribution in [0.15, 0.2) is 42.7 Å². The van der Waals surface area contributed by atoms with E-state index in [9.17, 15) is 5.11 Å². The second kappa shape index (κ2) is 5.51. The highest BCUT2D eigenvalue weighted by molar-refractivity contribution is 6.30.